The maximum Gasteiger partial charge on any atom is 0.337 e. The Balaban J connectivity index is 0.000000145. The number of methoxy groups -OCH3 is 5. The average molecular weight is 1820 g/mol. The van der Waals surface area contributed by atoms with Crippen LogP contribution in [0, 0.1) is 0 Å². The van der Waals surface area contributed by atoms with E-state index < -0.39 is 23.9 Å². The summed E-state index contributed by atoms with van der Waals surface area (Å²) in [6.45, 7) is 2.78. The fourth-order valence-corrected chi connectivity index (χ4v) is 13.5. The number of esters is 4. The second-order valence-corrected chi connectivity index (χ2v) is 29.9. The van der Waals surface area contributed by atoms with Crippen molar-refractivity contribution >= 4 is 47.6 Å². The molecule has 0 radical (unpaired) electrons. The number of hydrogen-bond donors (Lipinski definition) is 4. The molecule has 0 spiro atoms. The Morgan fingerprint density at radius 2 is 0.563 bits per heavy atom. The molecule has 17 rings (SSSR count). The minimum Gasteiger partial charge on any atom is -0.507 e. The number of phenolic OH excluding ortho intramolecular Hbond substituents is 4. The van der Waals surface area contributed by atoms with Crippen LogP contribution < -0.4 is 9.47 Å². The summed E-state index contributed by atoms with van der Waals surface area (Å²) in [4.78, 5) is 107. The van der Waals surface area contributed by atoms with Gasteiger partial charge in [0.05, 0.1) is 92.4 Å². The van der Waals surface area contributed by atoms with E-state index in [0.29, 0.717) is 171 Å². The van der Waals surface area contributed by atoms with E-state index in [2.05, 4.69) is 71.7 Å². The lowest BCUT2D eigenvalue weighted by Crippen LogP contribution is -2.02. The quantitative estimate of drug-likeness (QED) is 0.0129. The van der Waals surface area contributed by atoms with Crippen molar-refractivity contribution in [3.63, 3.8) is 0 Å². The number of aromatic hydroxyl groups is 4. The van der Waals surface area contributed by atoms with E-state index in [9.17, 15) is 39.6 Å². The van der Waals surface area contributed by atoms with E-state index in [0.717, 1.165) is 35.1 Å². The molecule has 28 nitrogen and oxygen atoms in total. The predicted octanol–water partition coefficient (Wildman–Crippen LogP) is 22.2. The normalized spacial score (nSPS) is 10.7. The summed E-state index contributed by atoms with van der Waals surface area (Å²) in [6, 6.07) is 94.4. The summed E-state index contributed by atoms with van der Waals surface area (Å²) in [6.07, 6.45) is 5.73. The third kappa shape index (κ3) is 24.5. The van der Waals surface area contributed by atoms with Gasteiger partial charge in [0.25, 0.3) is 0 Å². The third-order valence-corrected chi connectivity index (χ3v) is 20.6. The van der Waals surface area contributed by atoms with Gasteiger partial charge in [-0.15, -0.1) is 0 Å². The highest BCUT2D eigenvalue weighted by atomic mass is 35.5. The van der Waals surface area contributed by atoms with Crippen LogP contribution in [0.1, 0.15) is 74.0 Å². The van der Waals surface area contributed by atoms with Gasteiger partial charge in [-0.05, 0) is 122 Å². The van der Waals surface area contributed by atoms with Gasteiger partial charge in [-0.1, -0.05) is 226 Å². The molecule has 0 amide bonds. The summed E-state index contributed by atoms with van der Waals surface area (Å²) >= 11 is 5.96. The van der Waals surface area contributed by atoms with E-state index in [4.69, 9.17) is 44.8 Å². The van der Waals surface area contributed by atoms with Crippen LogP contribution in [0.2, 0.25) is 5.02 Å². The van der Waals surface area contributed by atoms with Crippen molar-refractivity contribution in [2.24, 2.45) is 4.99 Å². The van der Waals surface area contributed by atoms with Crippen LogP contribution in [0.5, 0.6) is 40.2 Å². The van der Waals surface area contributed by atoms with Crippen molar-refractivity contribution in [3.8, 4) is 177 Å². The van der Waals surface area contributed by atoms with E-state index in [1.165, 1.54) is 73.0 Å². The molecule has 0 aliphatic rings. The fraction of sp³-hybridized carbons (Fsp3) is 0.104. The molecule has 0 fully saturated rings. The number of phenols is 4. The SMILES string of the molecule is CCCCCCOc1ccc(-c2nc(-c3ccccc3)nc(-c3ccc(C(=O)OC)cc3)n2)c(O)c1.COC(=O)c1ccc(-c2nc(-c3ccccc3)nc(-c3ccc(Cl)cc3O)n2)cc1.COC(=O)c1ccc(-c2nc(-c3ccccc3)nc(-c3ccc(Oc4ccccc4)cc3O)n2)cc1.COC=Nc1ccc(-c2nc(-c3ccccc3)nc(-c3ccc(C(=O)OC)cc3)n2)c(O)c1. The number of aromatic nitrogens is 12. The largest absolute Gasteiger partial charge is 0.507 e. The van der Waals surface area contributed by atoms with Crippen LogP contribution in [0.3, 0.4) is 0 Å². The van der Waals surface area contributed by atoms with Crippen LogP contribution in [-0.2, 0) is 23.7 Å². The van der Waals surface area contributed by atoms with Gasteiger partial charge in [0.1, 0.15) is 40.2 Å². The molecule has 29 heteroatoms. The van der Waals surface area contributed by atoms with Gasteiger partial charge in [0, 0.05) is 67.7 Å². The van der Waals surface area contributed by atoms with Crippen LogP contribution in [0.25, 0.3) is 137 Å². The first-order valence-electron chi connectivity index (χ1n) is 42.2. The molecule has 135 heavy (non-hydrogen) atoms. The monoisotopic (exact) mass is 1820 g/mol. The first-order chi connectivity index (χ1) is 65.8. The van der Waals surface area contributed by atoms with Crippen molar-refractivity contribution < 1.29 is 72.8 Å². The van der Waals surface area contributed by atoms with Gasteiger partial charge in [0.15, 0.2) is 76.3 Å². The summed E-state index contributed by atoms with van der Waals surface area (Å²) in [5.41, 5.74) is 9.99. The van der Waals surface area contributed by atoms with Crippen molar-refractivity contribution in [1.29, 1.82) is 0 Å². The highest BCUT2D eigenvalue weighted by molar-refractivity contribution is 6.30. The number of nitrogens with zero attached hydrogens (tertiary/aromatic N) is 13. The van der Waals surface area contributed by atoms with Crippen molar-refractivity contribution in [2.75, 3.05) is 42.2 Å². The molecule has 0 aliphatic carbocycles. The molecule has 4 aromatic heterocycles. The smallest absolute Gasteiger partial charge is 0.337 e. The maximum atomic E-state index is 11.8. The summed E-state index contributed by atoms with van der Waals surface area (Å²) < 4.78 is 35.5. The van der Waals surface area contributed by atoms with Crippen LogP contribution >= 0.6 is 11.6 Å². The van der Waals surface area contributed by atoms with Gasteiger partial charge < -0.3 is 53.6 Å². The highest BCUT2D eigenvalue weighted by Gasteiger charge is 2.23. The number of para-hydroxylation sites is 1. The first-order valence-corrected chi connectivity index (χ1v) is 42.6. The Bertz CT molecular complexity index is 7010. The Labute approximate surface area is 781 Å². The number of carbonyl (C=O) groups is 4. The van der Waals surface area contributed by atoms with Crippen LogP contribution in [-0.4, -0.2) is 153 Å². The number of unbranched alkanes of at least 4 members (excludes halogenated alkanes) is 3. The lowest BCUT2D eigenvalue weighted by atomic mass is 10.1. The minimum atomic E-state index is -0.427. The van der Waals surface area contributed by atoms with Gasteiger partial charge in [-0.3, -0.25) is 0 Å². The third-order valence-electron chi connectivity index (χ3n) is 20.3. The molecule has 0 bridgehead atoms. The van der Waals surface area contributed by atoms with E-state index in [-0.39, 0.29) is 23.0 Å². The summed E-state index contributed by atoms with van der Waals surface area (Å²) in [5, 5.41) is 43.0. The number of rotatable bonds is 26. The number of aliphatic imine (C=N–C) groups is 1. The fourth-order valence-electron chi connectivity index (χ4n) is 13.4. The molecule has 672 valence electrons. The Kier molecular flexibility index (Phi) is 31.5. The molecular weight excluding hydrogens is 1730 g/mol. The molecule has 17 aromatic rings. The zero-order chi connectivity index (χ0) is 94.5. The minimum absolute atomic E-state index is 0.0262. The Hall–Kier alpha value is -17.7. The lowest BCUT2D eigenvalue weighted by Gasteiger charge is -2.11. The Morgan fingerprint density at radius 1 is 0.289 bits per heavy atom. The number of hydrogen-bond acceptors (Lipinski definition) is 28. The van der Waals surface area contributed by atoms with E-state index >= 15 is 0 Å². The van der Waals surface area contributed by atoms with Crippen molar-refractivity contribution in [3.05, 3.63) is 349 Å². The van der Waals surface area contributed by atoms with Gasteiger partial charge >= 0.3 is 23.9 Å². The average Bonchev–Trinajstić information content (AvgIpc) is 0.803. The topological polar surface area (TPSA) is 381 Å². The summed E-state index contributed by atoms with van der Waals surface area (Å²) in [5.74, 6) is 4.72. The van der Waals surface area contributed by atoms with Crippen molar-refractivity contribution in [2.45, 2.75) is 32.6 Å². The zero-order valence-electron chi connectivity index (χ0n) is 73.7. The number of halogens is 1. The Morgan fingerprint density at radius 3 is 0.859 bits per heavy atom. The second-order valence-electron chi connectivity index (χ2n) is 29.5. The molecule has 13 aromatic carbocycles. The molecule has 0 saturated heterocycles. The molecule has 0 saturated carbocycles. The first kappa shape index (κ1) is 93.5. The molecule has 4 N–H and O–H groups in total. The number of carbonyl (C=O) groups excluding carboxylic acids is 4. The molecule has 0 atom stereocenters. The summed E-state index contributed by atoms with van der Waals surface area (Å²) in [7, 11) is 6.84. The van der Waals surface area contributed by atoms with Crippen LogP contribution in [0.4, 0.5) is 5.69 Å². The molecule has 4 heterocycles. The van der Waals surface area contributed by atoms with Gasteiger partial charge in [-0.25, -0.2) is 84.0 Å². The standard InChI is InChI=1S/C29H21N3O4.C29H29N3O4.C25H20N4O4.C23H16ClN3O3/c1-35-29(34)21-14-12-20(13-15-21)27-30-26(19-8-4-2-5-9-19)31-28(32-27)24-17-16-23(18-25(24)33)36-22-10-6-3-7-11-22;1-3-4-5-9-18-36-23-16-17-24(25(33)19-23)28-31-26(20-10-7-6-8-11-20)30-27(32-28)21-12-14-22(15-13-21)29(34)35-2;1-32-15-26-19-12-13-20(21(30)14-19)24-28-22(16-6-4-3-5-7-16)27-23(29-24)17-8-10-18(11-9-17)25(31)33-2;1-30-23(29)16-9-7-15(8-10-16)21-25-20(14-5-3-2-4-6-14)26-22(27-21)18-12-11-17(24)13-19(18)28/h2-18,33H,1H3;6-8,10-17,19,33H,3-5,9,18H2,1-2H3;3-15,30H,1-2H3;2-13,28H,1H3. The van der Waals surface area contributed by atoms with E-state index in [1.54, 1.807) is 146 Å². The number of ether oxygens (including phenoxy) is 7. The highest BCUT2D eigenvalue weighted by Crippen LogP contribution is 2.39. The zero-order valence-corrected chi connectivity index (χ0v) is 74.4. The van der Waals surface area contributed by atoms with E-state index in [1.807, 2.05) is 158 Å². The van der Waals surface area contributed by atoms with Crippen LogP contribution in [0.15, 0.2) is 327 Å². The molecule has 0 aliphatic heterocycles. The predicted molar refractivity (Wildman–Crippen MR) is 513 cm³/mol. The number of benzene rings is 13. The lowest BCUT2D eigenvalue weighted by molar-refractivity contribution is 0.0592. The van der Waals surface area contributed by atoms with Gasteiger partial charge in [-0.2, -0.15) is 0 Å². The second kappa shape index (κ2) is 45.5. The molecule has 0 unspecified atom stereocenters. The molecular formula is C106H86ClN13O15. The van der Waals surface area contributed by atoms with Gasteiger partial charge in [0.2, 0.25) is 0 Å². The maximum absolute atomic E-state index is 11.8. The van der Waals surface area contributed by atoms with Crippen molar-refractivity contribution in [1.82, 2.24) is 59.8 Å².